The maximum absolute atomic E-state index is 11.6. The molecule has 2 aliphatic rings. The van der Waals surface area contributed by atoms with Crippen molar-refractivity contribution in [1.29, 1.82) is 5.26 Å². The molecular weight excluding hydrogens is 232 g/mol. The zero-order chi connectivity index (χ0) is 12.5. The summed E-state index contributed by atoms with van der Waals surface area (Å²) in [7, 11) is 0. The minimum absolute atomic E-state index is 0.0357. The molecule has 2 atom stereocenters. The number of aromatic nitrogens is 2. The van der Waals surface area contributed by atoms with E-state index < -0.39 is 5.56 Å². The molecule has 18 heavy (non-hydrogen) atoms. The summed E-state index contributed by atoms with van der Waals surface area (Å²) in [5.74, 6) is 0.518. The van der Waals surface area contributed by atoms with Crippen LogP contribution in [0.2, 0.25) is 0 Å². The van der Waals surface area contributed by atoms with Crippen molar-refractivity contribution in [2.75, 3.05) is 19.7 Å². The third-order valence-corrected chi connectivity index (χ3v) is 3.63. The highest BCUT2D eigenvalue weighted by Crippen LogP contribution is 2.28. The number of nitriles is 1. The van der Waals surface area contributed by atoms with Crippen LogP contribution in [0.5, 0.6) is 0 Å². The number of aromatic amines is 1. The Balaban J connectivity index is 1.81. The molecular formula is C12H14N4O2. The van der Waals surface area contributed by atoms with Crippen LogP contribution >= 0.6 is 0 Å². The smallest absolute Gasteiger partial charge is 0.268 e. The highest BCUT2D eigenvalue weighted by Gasteiger charge is 2.33. The van der Waals surface area contributed by atoms with Gasteiger partial charge >= 0.3 is 0 Å². The Morgan fingerprint density at radius 3 is 3.28 bits per heavy atom. The molecule has 2 fully saturated rings. The normalized spacial score (nSPS) is 27.7. The molecule has 3 heterocycles. The van der Waals surface area contributed by atoms with Crippen molar-refractivity contribution in [1.82, 2.24) is 14.9 Å². The summed E-state index contributed by atoms with van der Waals surface area (Å²) < 4.78 is 5.75. The summed E-state index contributed by atoms with van der Waals surface area (Å²) in [4.78, 5) is 20.7. The Labute approximate surface area is 104 Å². The summed E-state index contributed by atoms with van der Waals surface area (Å²) in [6.45, 7) is 2.54. The van der Waals surface area contributed by atoms with Crippen LogP contribution in [-0.2, 0) is 4.74 Å². The van der Waals surface area contributed by atoms with Crippen molar-refractivity contribution in [3.8, 4) is 6.07 Å². The van der Waals surface area contributed by atoms with E-state index in [0.29, 0.717) is 18.5 Å². The second kappa shape index (κ2) is 4.52. The number of hydrogen-bond donors (Lipinski definition) is 1. The molecule has 2 unspecified atom stereocenters. The van der Waals surface area contributed by atoms with Crippen LogP contribution in [0.3, 0.4) is 0 Å². The second-order valence-electron chi connectivity index (χ2n) is 4.74. The number of ether oxygens (including phenoxy) is 1. The van der Waals surface area contributed by atoms with Crippen molar-refractivity contribution in [3.63, 3.8) is 0 Å². The SMILES string of the molecule is N#Cc1cnc(C2CN3CCCC3CO2)[nH]c1=O. The van der Waals surface area contributed by atoms with Crippen LogP contribution in [0.15, 0.2) is 11.0 Å². The molecule has 2 aliphatic heterocycles. The predicted octanol–water partition coefficient (Wildman–Crippen LogP) is 0.177. The monoisotopic (exact) mass is 246 g/mol. The summed E-state index contributed by atoms with van der Waals surface area (Å²) in [6.07, 6.45) is 3.51. The van der Waals surface area contributed by atoms with Crippen molar-refractivity contribution in [2.45, 2.75) is 25.0 Å². The van der Waals surface area contributed by atoms with Crippen molar-refractivity contribution in [3.05, 3.63) is 27.9 Å². The van der Waals surface area contributed by atoms with E-state index in [2.05, 4.69) is 14.9 Å². The number of hydrogen-bond acceptors (Lipinski definition) is 5. The molecule has 1 N–H and O–H groups in total. The molecule has 0 spiro atoms. The number of nitrogens with one attached hydrogen (secondary N) is 1. The van der Waals surface area contributed by atoms with Gasteiger partial charge < -0.3 is 9.72 Å². The maximum atomic E-state index is 11.6. The minimum atomic E-state index is -0.394. The molecule has 0 radical (unpaired) electrons. The fourth-order valence-corrected chi connectivity index (χ4v) is 2.63. The standard InChI is InChI=1S/C12H14N4O2/c13-4-8-5-14-11(15-12(8)17)10-6-16-3-1-2-9(16)7-18-10/h5,9-10H,1-3,6-7H2,(H,14,15,17). The predicted molar refractivity (Wildman–Crippen MR) is 62.9 cm³/mol. The van der Waals surface area contributed by atoms with Gasteiger partial charge in [-0.15, -0.1) is 0 Å². The van der Waals surface area contributed by atoms with Crippen LogP contribution in [0.4, 0.5) is 0 Å². The van der Waals surface area contributed by atoms with Crippen LogP contribution in [0.25, 0.3) is 0 Å². The molecule has 6 nitrogen and oxygen atoms in total. The number of rotatable bonds is 1. The minimum Gasteiger partial charge on any atom is -0.367 e. The molecule has 0 amide bonds. The van der Waals surface area contributed by atoms with Crippen molar-refractivity contribution >= 4 is 0 Å². The molecule has 6 heteroatoms. The summed E-state index contributed by atoms with van der Waals surface area (Å²) >= 11 is 0. The molecule has 2 saturated heterocycles. The highest BCUT2D eigenvalue weighted by molar-refractivity contribution is 5.22. The van der Waals surface area contributed by atoms with Gasteiger partial charge in [-0.2, -0.15) is 5.26 Å². The van der Waals surface area contributed by atoms with E-state index in [1.165, 1.54) is 19.0 Å². The molecule has 3 rings (SSSR count). The highest BCUT2D eigenvalue weighted by atomic mass is 16.5. The topological polar surface area (TPSA) is 82.0 Å². The van der Waals surface area contributed by atoms with Gasteiger partial charge in [-0.3, -0.25) is 9.69 Å². The lowest BCUT2D eigenvalue weighted by Gasteiger charge is -2.34. The Bertz CT molecular complexity index is 548. The number of morpholine rings is 1. The summed E-state index contributed by atoms with van der Waals surface area (Å²) in [5.41, 5.74) is -0.358. The van der Waals surface area contributed by atoms with Gasteiger partial charge in [0.1, 0.15) is 23.6 Å². The quantitative estimate of drug-likeness (QED) is 0.764. The first kappa shape index (κ1) is 11.4. The zero-order valence-corrected chi connectivity index (χ0v) is 9.93. The van der Waals surface area contributed by atoms with E-state index in [1.807, 2.05) is 0 Å². The first-order valence-electron chi connectivity index (χ1n) is 6.13. The second-order valence-corrected chi connectivity index (χ2v) is 4.74. The Morgan fingerprint density at radius 1 is 1.61 bits per heavy atom. The first-order chi connectivity index (χ1) is 8.78. The van der Waals surface area contributed by atoms with Crippen molar-refractivity contribution in [2.24, 2.45) is 0 Å². The van der Waals surface area contributed by atoms with E-state index in [9.17, 15) is 4.79 Å². The van der Waals surface area contributed by atoms with Gasteiger partial charge in [-0.1, -0.05) is 0 Å². The van der Waals surface area contributed by atoms with Crippen LogP contribution in [0, 0.1) is 11.3 Å². The lowest BCUT2D eigenvalue weighted by molar-refractivity contribution is -0.0542. The van der Waals surface area contributed by atoms with Crippen LogP contribution in [0.1, 0.15) is 30.3 Å². The average molecular weight is 246 g/mol. The van der Waals surface area contributed by atoms with Gasteiger partial charge in [0.05, 0.1) is 12.8 Å². The number of H-pyrrole nitrogens is 1. The molecule has 0 aliphatic carbocycles. The van der Waals surface area contributed by atoms with Gasteiger partial charge in [-0.25, -0.2) is 4.98 Å². The average Bonchev–Trinajstić information content (AvgIpc) is 2.85. The number of fused-ring (bicyclic) bond motifs is 1. The van der Waals surface area contributed by atoms with E-state index in [1.54, 1.807) is 6.07 Å². The lowest BCUT2D eigenvalue weighted by Crippen LogP contribution is -2.43. The van der Waals surface area contributed by atoms with E-state index in [-0.39, 0.29) is 11.7 Å². The largest absolute Gasteiger partial charge is 0.367 e. The van der Waals surface area contributed by atoms with Gasteiger partial charge in [0, 0.05) is 12.6 Å². The number of nitrogens with zero attached hydrogens (tertiary/aromatic N) is 3. The third kappa shape index (κ3) is 1.92. The molecule has 0 aromatic carbocycles. The van der Waals surface area contributed by atoms with Crippen LogP contribution in [-0.4, -0.2) is 40.6 Å². The zero-order valence-electron chi connectivity index (χ0n) is 9.93. The van der Waals surface area contributed by atoms with Crippen LogP contribution < -0.4 is 5.56 Å². The first-order valence-corrected chi connectivity index (χ1v) is 6.13. The Kier molecular flexibility index (Phi) is 2.86. The molecule has 1 aromatic rings. The summed E-state index contributed by atoms with van der Waals surface area (Å²) in [6, 6.07) is 2.32. The van der Waals surface area contributed by atoms with Crippen molar-refractivity contribution < 1.29 is 4.74 Å². The van der Waals surface area contributed by atoms with Gasteiger partial charge in [0.15, 0.2) is 0 Å². The van der Waals surface area contributed by atoms with E-state index >= 15 is 0 Å². The Hall–Kier alpha value is -1.71. The lowest BCUT2D eigenvalue weighted by atomic mass is 10.2. The summed E-state index contributed by atoms with van der Waals surface area (Å²) in [5, 5.41) is 8.69. The molecule has 0 saturated carbocycles. The van der Waals surface area contributed by atoms with E-state index in [4.69, 9.17) is 10.00 Å². The van der Waals surface area contributed by atoms with Gasteiger partial charge in [-0.05, 0) is 19.4 Å². The van der Waals surface area contributed by atoms with E-state index in [0.717, 1.165) is 13.1 Å². The fraction of sp³-hybridized carbons (Fsp3) is 0.583. The molecule has 94 valence electrons. The third-order valence-electron chi connectivity index (χ3n) is 3.63. The molecule has 1 aromatic heterocycles. The molecule has 0 bridgehead atoms. The van der Waals surface area contributed by atoms with Gasteiger partial charge in [0.2, 0.25) is 0 Å². The Morgan fingerprint density at radius 2 is 2.50 bits per heavy atom. The fourth-order valence-electron chi connectivity index (χ4n) is 2.63. The maximum Gasteiger partial charge on any atom is 0.268 e. The van der Waals surface area contributed by atoms with Gasteiger partial charge in [0.25, 0.3) is 5.56 Å².